The lowest BCUT2D eigenvalue weighted by Crippen LogP contribution is -2.05. The molecule has 0 aliphatic rings. The van der Waals surface area contributed by atoms with Crippen molar-refractivity contribution >= 4 is 11.6 Å². The zero-order chi connectivity index (χ0) is 24.1. The number of ether oxygens (including phenoxy) is 2. The Morgan fingerprint density at radius 1 is 1.15 bits per heavy atom. The molecular formula is C27H25N3O4. The highest BCUT2D eigenvalue weighted by atomic mass is 16.5. The molecule has 2 aromatic carbocycles. The molecule has 2 aromatic heterocycles. The second-order valence-corrected chi connectivity index (χ2v) is 7.87. The summed E-state index contributed by atoms with van der Waals surface area (Å²) in [6, 6.07) is 15.4. The largest absolute Gasteiger partial charge is 0.497 e. The fraction of sp³-hybridized carbons (Fsp3) is 0.222. The molecule has 4 rings (SSSR count). The van der Waals surface area contributed by atoms with Crippen LogP contribution in [0.4, 0.5) is 0 Å². The van der Waals surface area contributed by atoms with Crippen LogP contribution in [0.3, 0.4) is 0 Å². The van der Waals surface area contributed by atoms with Crippen molar-refractivity contribution in [2.45, 2.75) is 32.8 Å². The van der Waals surface area contributed by atoms with Crippen LogP contribution >= 0.6 is 0 Å². The van der Waals surface area contributed by atoms with E-state index < -0.39 is 5.97 Å². The van der Waals surface area contributed by atoms with Gasteiger partial charge in [-0.1, -0.05) is 24.1 Å². The Kier molecular flexibility index (Phi) is 6.79. The highest BCUT2D eigenvalue weighted by molar-refractivity contribution is 5.71. The van der Waals surface area contributed by atoms with Crippen LogP contribution in [-0.4, -0.2) is 32.8 Å². The molecule has 0 saturated carbocycles. The summed E-state index contributed by atoms with van der Waals surface area (Å²) in [6.45, 7) is 4.06. The van der Waals surface area contributed by atoms with Crippen LogP contribution in [0.1, 0.15) is 36.0 Å². The van der Waals surface area contributed by atoms with Crippen molar-refractivity contribution in [1.82, 2.24) is 14.6 Å². The summed E-state index contributed by atoms with van der Waals surface area (Å²) in [5, 5.41) is 13.5. The summed E-state index contributed by atoms with van der Waals surface area (Å²) >= 11 is 0. The van der Waals surface area contributed by atoms with E-state index in [-0.39, 0.29) is 12.3 Å². The molecule has 0 saturated heterocycles. The minimum Gasteiger partial charge on any atom is -0.497 e. The van der Waals surface area contributed by atoms with Gasteiger partial charge in [0.05, 0.1) is 19.4 Å². The van der Waals surface area contributed by atoms with Crippen LogP contribution in [0.5, 0.6) is 11.5 Å². The van der Waals surface area contributed by atoms with Crippen LogP contribution in [-0.2, 0) is 11.4 Å². The standard InChI is InChI=1S/C27H25N3O4/c1-4-5-20(13-26(31)32)19-7-10-23(11-8-19)34-16-22-12-21(15-30-27(22)28-17-29-30)25-14-24(33-3)9-6-18(25)2/h6-12,14-15,17,20H,13,16H2,1-3H3,(H,31,32). The first kappa shape index (κ1) is 22.9. The maximum Gasteiger partial charge on any atom is 0.304 e. The van der Waals surface area contributed by atoms with Gasteiger partial charge in [0.1, 0.15) is 24.4 Å². The summed E-state index contributed by atoms with van der Waals surface area (Å²) in [5.74, 6) is 5.99. The quantitative estimate of drug-likeness (QED) is 0.382. The van der Waals surface area contributed by atoms with E-state index in [0.29, 0.717) is 12.4 Å². The van der Waals surface area contributed by atoms with Crippen molar-refractivity contribution in [2.75, 3.05) is 7.11 Å². The predicted octanol–water partition coefficient (Wildman–Crippen LogP) is 4.87. The Morgan fingerprint density at radius 2 is 1.91 bits per heavy atom. The number of aliphatic carboxylic acids is 1. The molecule has 0 bridgehead atoms. The number of pyridine rings is 1. The monoisotopic (exact) mass is 455 g/mol. The third kappa shape index (κ3) is 5.02. The Morgan fingerprint density at radius 3 is 2.62 bits per heavy atom. The van der Waals surface area contributed by atoms with Crippen molar-refractivity contribution in [3.05, 3.63) is 77.7 Å². The number of methoxy groups -OCH3 is 1. The Bertz CT molecular complexity index is 1380. The van der Waals surface area contributed by atoms with E-state index >= 15 is 0 Å². The topological polar surface area (TPSA) is 86.0 Å². The van der Waals surface area contributed by atoms with Crippen molar-refractivity contribution < 1.29 is 19.4 Å². The summed E-state index contributed by atoms with van der Waals surface area (Å²) in [7, 11) is 1.65. The molecule has 0 aliphatic carbocycles. The van der Waals surface area contributed by atoms with Crippen molar-refractivity contribution in [1.29, 1.82) is 0 Å². The molecule has 7 nitrogen and oxygen atoms in total. The molecule has 0 amide bonds. The van der Waals surface area contributed by atoms with Crippen molar-refractivity contribution in [2.24, 2.45) is 0 Å². The van der Waals surface area contributed by atoms with E-state index in [2.05, 4.69) is 34.9 Å². The van der Waals surface area contributed by atoms with Gasteiger partial charge >= 0.3 is 5.97 Å². The number of carboxylic acids is 1. The molecule has 1 atom stereocenters. The summed E-state index contributed by atoms with van der Waals surface area (Å²) in [4.78, 5) is 15.5. The maximum absolute atomic E-state index is 11.1. The van der Waals surface area contributed by atoms with Crippen LogP contribution in [0.15, 0.2) is 61.1 Å². The van der Waals surface area contributed by atoms with E-state index in [9.17, 15) is 4.79 Å². The molecule has 0 fully saturated rings. The van der Waals surface area contributed by atoms with Crippen molar-refractivity contribution in [3.8, 4) is 34.5 Å². The highest BCUT2D eigenvalue weighted by Crippen LogP contribution is 2.30. The molecule has 0 spiro atoms. The van der Waals surface area contributed by atoms with Gasteiger partial charge in [0.25, 0.3) is 0 Å². The molecule has 0 aliphatic heterocycles. The molecule has 0 radical (unpaired) electrons. The molecule has 1 unspecified atom stereocenters. The Labute approximate surface area is 198 Å². The number of hydrogen-bond donors (Lipinski definition) is 1. The van der Waals surface area contributed by atoms with Gasteiger partial charge in [0.2, 0.25) is 0 Å². The molecule has 34 heavy (non-hydrogen) atoms. The average Bonchev–Trinajstić information content (AvgIpc) is 3.31. The van der Waals surface area contributed by atoms with Crippen LogP contribution in [0, 0.1) is 18.8 Å². The smallest absolute Gasteiger partial charge is 0.304 e. The minimum absolute atomic E-state index is 0.0393. The van der Waals surface area contributed by atoms with E-state index in [1.807, 2.05) is 48.7 Å². The van der Waals surface area contributed by atoms with Gasteiger partial charge in [0.15, 0.2) is 5.65 Å². The number of hydrogen-bond acceptors (Lipinski definition) is 5. The summed E-state index contributed by atoms with van der Waals surface area (Å²) in [5.41, 5.74) is 5.61. The van der Waals surface area contributed by atoms with E-state index in [1.165, 1.54) is 6.33 Å². The lowest BCUT2D eigenvalue weighted by atomic mass is 9.96. The molecule has 1 N–H and O–H groups in total. The highest BCUT2D eigenvalue weighted by Gasteiger charge is 2.14. The minimum atomic E-state index is -0.878. The summed E-state index contributed by atoms with van der Waals surface area (Å²) in [6.07, 6.45) is 3.43. The number of aromatic nitrogens is 3. The number of rotatable bonds is 8. The molecule has 7 heteroatoms. The third-order valence-electron chi connectivity index (χ3n) is 5.58. The first-order valence-corrected chi connectivity index (χ1v) is 10.8. The molecular weight excluding hydrogens is 430 g/mol. The summed E-state index contributed by atoms with van der Waals surface area (Å²) < 4.78 is 13.2. The molecule has 2 heterocycles. The average molecular weight is 456 g/mol. The number of fused-ring (bicyclic) bond motifs is 1. The lowest BCUT2D eigenvalue weighted by Gasteiger charge is -2.13. The predicted molar refractivity (Wildman–Crippen MR) is 129 cm³/mol. The Balaban J connectivity index is 1.59. The van der Waals surface area contributed by atoms with Gasteiger partial charge in [-0.25, -0.2) is 9.50 Å². The van der Waals surface area contributed by atoms with Gasteiger partial charge < -0.3 is 14.6 Å². The van der Waals surface area contributed by atoms with Gasteiger partial charge in [-0.05, 0) is 60.9 Å². The first-order valence-electron chi connectivity index (χ1n) is 10.8. The van der Waals surface area contributed by atoms with Crippen LogP contribution in [0.25, 0.3) is 16.8 Å². The zero-order valence-corrected chi connectivity index (χ0v) is 19.3. The molecule has 172 valence electrons. The van der Waals surface area contributed by atoms with Crippen molar-refractivity contribution in [3.63, 3.8) is 0 Å². The third-order valence-corrected chi connectivity index (χ3v) is 5.58. The van der Waals surface area contributed by atoms with E-state index in [0.717, 1.165) is 39.2 Å². The van der Waals surface area contributed by atoms with Gasteiger partial charge in [-0.2, -0.15) is 5.10 Å². The number of carbonyl (C=O) groups is 1. The van der Waals surface area contributed by atoms with Crippen LogP contribution in [0.2, 0.25) is 0 Å². The van der Waals surface area contributed by atoms with Gasteiger partial charge in [0, 0.05) is 17.3 Å². The van der Waals surface area contributed by atoms with E-state index in [1.54, 1.807) is 18.5 Å². The van der Waals surface area contributed by atoms with E-state index in [4.69, 9.17) is 14.6 Å². The SMILES string of the molecule is CC#CC(CC(=O)O)c1ccc(OCc2cc(-c3cc(OC)ccc3C)cn3ncnc23)cc1. The maximum atomic E-state index is 11.1. The number of aryl methyl sites for hydroxylation is 1. The Hall–Kier alpha value is -4.31. The lowest BCUT2D eigenvalue weighted by molar-refractivity contribution is -0.137. The number of nitrogens with zero attached hydrogens (tertiary/aromatic N) is 3. The fourth-order valence-corrected chi connectivity index (χ4v) is 3.85. The number of carboxylic acid groups (broad SMARTS) is 1. The second kappa shape index (κ2) is 10.1. The second-order valence-electron chi connectivity index (χ2n) is 7.87. The molecule has 4 aromatic rings. The van der Waals surface area contributed by atoms with Crippen LogP contribution < -0.4 is 9.47 Å². The number of benzene rings is 2. The fourth-order valence-electron chi connectivity index (χ4n) is 3.85. The first-order chi connectivity index (χ1) is 16.5. The van der Waals surface area contributed by atoms with Gasteiger partial charge in [-0.3, -0.25) is 4.79 Å². The zero-order valence-electron chi connectivity index (χ0n) is 19.3. The van der Waals surface area contributed by atoms with Gasteiger partial charge in [-0.15, -0.1) is 5.92 Å². The normalized spacial score (nSPS) is 11.5.